The molecule has 0 saturated heterocycles. The summed E-state index contributed by atoms with van der Waals surface area (Å²) in [4.78, 5) is 0. The van der Waals surface area contributed by atoms with E-state index in [1.165, 1.54) is 116 Å². The first-order chi connectivity index (χ1) is 20.4. The molecule has 47 heavy (non-hydrogen) atoms. The minimum absolute atomic E-state index is 0. The second-order valence-corrected chi connectivity index (χ2v) is 19.7. The number of unbranched alkanes of at least 4 members (excludes halogenated alkanes) is 2. The van der Waals surface area contributed by atoms with E-state index in [0.29, 0.717) is 27.1 Å². The van der Waals surface area contributed by atoms with Crippen LogP contribution in [0, 0.1) is 38.9 Å². The Kier molecular flexibility index (Phi) is 40.2. The smallest absolute Gasteiger partial charge is 0.0300 e. The van der Waals surface area contributed by atoms with Crippen LogP contribution in [0.4, 0.5) is 0 Å². The third-order valence-corrected chi connectivity index (χ3v) is 9.62. The molecule has 0 aromatic heterocycles. The van der Waals surface area contributed by atoms with Gasteiger partial charge in [0.25, 0.3) is 0 Å². The van der Waals surface area contributed by atoms with E-state index in [1.807, 2.05) is 0 Å². The second kappa shape index (κ2) is 31.9. The van der Waals surface area contributed by atoms with Gasteiger partial charge in [-0.05, 0) is 64.6 Å². The first kappa shape index (κ1) is 59.2. The Morgan fingerprint density at radius 2 is 0.894 bits per heavy atom. The van der Waals surface area contributed by atoms with E-state index in [0.717, 1.165) is 11.8 Å². The van der Waals surface area contributed by atoms with Gasteiger partial charge in [-0.25, -0.2) is 0 Å². The van der Waals surface area contributed by atoms with Crippen molar-refractivity contribution in [1.82, 2.24) is 0 Å². The Bertz CT molecular complexity index is 557. The fraction of sp³-hybridized carbons (Fsp3) is 1.00. The monoisotopic (exact) mass is 671 g/mol. The molecule has 294 valence electrons. The predicted octanol–water partition coefficient (Wildman–Crippen LogP) is 18.8. The van der Waals surface area contributed by atoms with Crippen molar-refractivity contribution in [3.63, 3.8) is 0 Å². The standard InChI is InChI=1S/C12H26.C11H22.C10H22.C8H18.C4H10.2CH4/c1-7-12(8-2,9-3)10-11(4,5)6;1-11(2,3)9-10-7-5-4-6-8-10;1-6-9(7-2)8-10(3,4)5;1-5-6-7-8(2,3)4;1-3-4-2;;/h7-10H2,1-6H3;10H,4-9H2,1-3H3;9H,6-8H2,1-5H3;5-7H2,1-4H3;3-4H2,1-2H3;2*1H4. The molecule has 0 heteroatoms. The topological polar surface area (TPSA) is 0 Å². The van der Waals surface area contributed by atoms with E-state index >= 15 is 0 Å². The van der Waals surface area contributed by atoms with Crippen LogP contribution in [0.1, 0.15) is 269 Å². The van der Waals surface area contributed by atoms with E-state index in [2.05, 4.69) is 138 Å². The maximum absolute atomic E-state index is 2.36. The number of rotatable bonds is 11. The summed E-state index contributed by atoms with van der Waals surface area (Å²) in [5.74, 6) is 1.99. The van der Waals surface area contributed by atoms with Crippen molar-refractivity contribution in [2.24, 2.45) is 38.9 Å². The lowest BCUT2D eigenvalue weighted by molar-refractivity contribution is 0.149. The van der Waals surface area contributed by atoms with Crippen molar-refractivity contribution in [3.8, 4) is 0 Å². The van der Waals surface area contributed by atoms with E-state index in [9.17, 15) is 0 Å². The molecule has 0 spiro atoms. The highest BCUT2D eigenvalue weighted by Gasteiger charge is 2.29. The third-order valence-electron chi connectivity index (χ3n) is 9.62. The van der Waals surface area contributed by atoms with Gasteiger partial charge < -0.3 is 0 Å². The minimum atomic E-state index is 0. The number of hydrogen-bond donors (Lipinski definition) is 0. The maximum Gasteiger partial charge on any atom is -0.0300 e. The first-order valence-electron chi connectivity index (χ1n) is 20.4. The average Bonchev–Trinajstić information content (AvgIpc) is 2.93. The second-order valence-electron chi connectivity index (χ2n) is 19.7. The quantitative estimate of drug-likeness (QED) is 0.205. The van der Waals surface area contributed by atoms with Gasteiger partial charge in [0.15, 0.2) is 0 Å². The highest BCUT2D eigenvalue weighted by molar-refractivity contribution is 4.80. The van der Waals surface area contributed by atoms with Gasteiger partial charge in [0, 0.05) is 0 Å². The van der Waals surface area contributed by atoms with E-state index < -0.39 is 0 Å². The van der Waals surface area contributed by atoms with Crippen molar-refractivity contribution in [2.75, 3.05) is 0 Å². The largest absolute Gasteiger partial charge is 0.0776 e. The number of hydrogen-bond acceptors (Lipinski definition) is 0. The van der Waals surface area contributed by atoms with Crippen LogP contribution < -0.4 is 0 Å². The normalized spacial score (nSPS) is 14.0. The third kappa shape index (κ3) is 48.2. The van der Waals surface area contributed by atoms with Crippen LogP contribution in [-0.4, -0.2) is 0 Å². The SMILES string of the molecule is C.C.CC(C)(C)CC1CCCCC1.CCC(CC)(CC)CC(C)(C)C.CCC(CC)CC(C)(C)C.CCCC.CCCCC(C)(C)C. The summed E-state index contributed by atoms with van der Waals surface area (Å²) in [6, 6.07) is 0. The Labute approximate surface area is 307 Å². The van der Waals surface area contributed by atoms with Gasteiger partial charge in [-0.2, -0.15) is 0 Å². The highest BCUT2D eigenvalue weighted by Crippen LogP contribution is 2.41. The maximum atomic E-state index is 2.36. The lowest BCUT2D eigenvalue weighted by Gasteiger charge is -2.36. The summed E-state index contributed by atoms with van der Waals surface area (Å²) < 4.78 is 0. The summed E-state index contributed by atoms with van der Waals surface area (Å²) in [6.07, 6.45) is 25.0. The van der Waals surface area contributed by atoms with E-state index in [1.54, 1.807) is 0 Å². The van der Waals surface area contributed by atoms with Crippen molar-refractivity contribution >= 4 is 0 Å². The van der Waals surface area contributed by atoms with E-state index in [4.69, 9.17) is 0 Å². The fourth-order valence-electron chi connectivity index (χ4n) is 6.66. The predicted molar refractivity (Wildman–Crippen MR) is 229 cm³/mol. The van der Waals surface area contributed by atoms with Crippen LogP contribution in [0.2, 0.25) is 0 Å². The van der Waals surface area contributed by atoms with Crippen LogP contribution in [-0.2, 0) is 0 Å². The molecule has 1 fully saturated rings. The van der Waals surface area contributed by atoms with Gasteiger partial charge in [-0.15, -0.1) is 0 Å². The lowest BCUT2D eigenvalue weighted by atomic mass is 9.69. The summed E-state index contributed by atoms with van der Waals surface area (Å²) in [7, 11) is 0. The zero-order valence-corrected chi connectivity index (χ0v) is 36.4. The Morgan fingerprint density at radius 3 is 1.06 bits per heavy atom. The molecule has 1 aliphatic carbocycles. The summed E-state index contributed by atoms with van der Waals surface area (Å²) in [5, 5.41) is 0. The van der Waals surface area contributed by atoms with Crippen LogP contribution >= 0.6 is 0 Å². The van der Waals surface area contributed by atoms with Crippen LogP contribution in [0.3, 0.4) is 0 Å². The molecular formula is C47H106. The molecule has 0 amide bonds. The van der Waals surface area contributed by atoms with Gasteiger partial charge in [-0.1, -0.05) is 243 Å². The van der Waals surface area contributed by atoms with Crippen molar-refractivity contribution in [3.05, 3.63) is 0 Å². The molecule has 0 N–H and O–H groups in total. The molecule has 1 rings (SSSR count). The zero-order valence-electron chi connectivity index (χ0n) is 36.4. The summed E-state index contributed by atoms with van der Waals surface area (Å²) >= 11 is 0. The van der Waals surface area contributed by atoms with Gasteiger partial charge in [0.2, 0.25) is 0 Å². The molecule has 0 unspecified atom stereocenters. The first-order valence-corrected chi connectivity index (χ1v) is 20.4. The molecule has 0 radical (unpaired) electrons. The van der Waals surface area contributed by atoms with Crippen molar-refractivity contribution < 1.29 is 0 Å². The lowest BCUT2D eigenvalue weighted by Crippen LogP contribution is -2.24. The van der Waals surface area contributed by atoms with Gasteiger partial charge in [0.1, 0.15) is 0 Å². The van der Waals surface area contributed by atoms with Crippen LogP contribution in [0.5, 0.6) is 0 Å². The van der Waals surface area contributed by atoms with Crippen LogP contribution in [0.15, 0.2) is 0 Å². The fourth-order valence-corrected chi connectivity index (χ4v) is 6.66. The molecule has 0 heterocycles. The van der Waals surface area contributed by atoms with Crippen LogP contribution in [0.25, 0.3) is 0 Å². The Balaban J connectivity index is -0.000000114. The molecule has 1 saturated carbocycles. The summed E-state index contributed by atoms with van der Waals surface area (Å²) in [5.41, 5.74) is 2.73. The molecule has 0 atom stereocenters. The van der Waals surface area contributed by atoms with Gasteiger partial charge in [0.05, 0.1) is 0 Å². The summed E-state index contributed by atoms with van der Waals surface area (Å²) in [6.45, 7) is 46.2. The van der Waals surface area contributed by atoms with E-state index in [-0.39, 0.29) is 14.9 Å². The van der Waals surface area contributed by atoms with Crippen molar-refractivity contribution in [1.29, 1.82) is 0 Å². The molecule has 0 nitrogen and oxygen atoms in total. The zero-order chi connectivity index (χ0) is 36.4. The molecular weight excluding hydrogens is 565 g/mol. The Hall–Kier alpha value is 0. The van der Waals surface area contributed by atoms with Gasteiger partial charge >= 0.3 is 0 Å². The van der Waals surface area contributed by atoms with Gasteiger partial charge in [-0.3, -0.25) is 0 Å². The Morgan fingerprint density at radius 1 is 0.489 bits per heavy atom. The van der Waals surface area contributed by atoms with Crippen molar-refractivity contribution in [2.45, 2.75) is 269 Å². The molecule has 0 aliphatic heterocycles. The average molecular weight is 671 g/mol. The molecule has 1 aliphatic rings. The molecule has 0 bridgehead atoms. The minimum Gasteiger partial charge on any atom is -0.0776 e. The highest BCUT2D eigenvalue weighted by atomic mass is 14.3. The molecule has 0 aromatic rings. The molecule has 0 aromatic carbocycles.